The van der Waals surface area contributed by atoms with Crippen molar-refractivity contribution < 1.29 is 32.2 Å². The van der Waals surface area contributed by atoms with Crippen LogP contribution >= 0.6 is 0 Å². The minimum absolute atomic E-state index is 0.0398. The van der Waals surface area contributed by atoms with Gasteiger partial charge >= 0.3 is 6.18 Å². The van der Waals surface area contributed by atoms with Crippen LogP contribution in [0.5, 0.6) is 11.5 Å². The first-order chi connectivity index (χ1) is 15.2. The van der Waals surface area contributed by atoms with E-state index in [4.69, 9.17) is 9.47 Å². The maximum atomic E-state index is 13.0. The van der Waals surface area contributed by atoms with Gasteiger partial charge in [-0.05, 0) is 49.2 Å². The maximum Gasteiger partial charge on any atom is 0.416 e. The summed E-state index contributed by atoms with van der Waals surface area (Å²) >= 11 is 0. The van der Waals surface area contributed by atoms with Crippen LogP contribution in [0.15, 0.2) is 42.5 Å². The number of nitrogens with zero attached hydrogens (tertiary/aromatic N) is 1. The van der Waals surface area contributed by atoms with Gasteiger partial charge in [-0.25, -0.2) is 0 Å². The van der Waals surface area contributed by atoms with E-state index in [9.17, 15) is 22.8 Å². The monoisotopic (exact) mass is 450 g/mol. The standard InChI is InChI=1S/C23H25F3N2O4/c1-31-19-8-9-20(32-2)17(12-19)13-27-21(29)16-6-4-10-28(14-16)22(30)15-5-3-7-18(11-15)23(24,25)26/h3,5,7-9,11-12,16H,4,6,10,13-14H2,1-2H3,(H,27,29). The second-order valence-electron chi connectivity index (χ2n) is 7.56. The molecule has 0 aromatic heterocycles. The molecule has 1 aliphatic heterocycles. The van der Waals surface area contributed by atoms with Crippen molar-refractivity contribution in [3.05, 3.63) is 59.2 Å². The summed E-state index contributed by atoms with van der Waals surface area (Å²) in [6, 6.07) is 9.61. The smallest absolute Gasteiger partial charge is 0.416 e. The molecular weight excluding hydrogens is 425 g/mol. The zero-order chi connectivity index (χ0) is 23.3. The first-order valence-electron chi connectivity index (χ1n) is 10.2. The van der Waals surface area contributed by atoms with Crippen LogP contribution in [0, 0.1) is 5.92 Å². The highest BCUT2D eigenvalue weighted by atomic mass is 19.4. The molecule has 9 heteroatoms. The summed E-state index contributed by atoms with van der Waals surface area (Å²) in [5, 5.41) is 2.86. The van der Waals surface area contributed by atoms with Crippen LogP contribution in [-0.2, 0) is 17.5 Å². The Morgan fingerprint density at radius 2 is 1.91 bits per heavy atom. The Morgan fingerprint density at radius 1 is 1.12 bits per heavy atom. The SMILES string of the molecule is COc1ccc(OC)c(CNC(=O)C2CCCN(C(=O)c3cccc(C(F)(F)F)c3)C2)c1. The molecule has 1 atom stereocenters. The Bertz CT molecular complexity index is 978. The molecule has 1 aliphatic rings. The molecule has 2 amide bonds. The van der Waals surface area contributed by atoms with E-state index in [2.05, 4.69) is 5.32 Å². The molecule has 0 bridgehead atoms. The highest BCUT2D eigenvalue weighted by Gasteiger charge is 2.33. The van der Waals surface area contributed by atoms with Gasteiger partial charge in [0.1, 0.15) is 11.5 Å². The molecule has 32 heavy (non-hydrogen) atoms. The van der Waals surface area contributed by atoms with Crippen LogP contribution < -0.4 is 14.8 Å². The lowest BCUT2D eigenvalue weighted by Crippen LogP contribution is -2.45. The van der Waals surface area contributed by atoms with Crippen molar-refractivity contribution in [3.63, 3.8) is 0 Å². The Labute approximate surface area is 184 Å². The van der Waals surface area contributed by atoms with Gasteiger partial charge in [0.2, 0.25) is 5.91 Å². The minimum atomic E-state index is -4.53. The largest absolute Gasteiger partial charge is 0.497 e. The Morgan fingerprint density at radius 3 is 2.59 bits per heavy atom. The molecule has 1 heterocycles. The number of hydrogen-bond donors (Lipinski definition) is 1. The molecule has 2 aromatic rings. The fourth-order valence-electron chi connectivity index (χ4n) is 3.73. The van der Waals surface area contributed by atoms with Crippen LogP contribution in [0.3, 0.4) is 0 Å². The molecule has 0 radical (unpaired) electrons. The van der Waals surface area contributed by atoms with E-state index in [1.54, 1.807) is 25.3 Å². The summed E-state index contributed by atoms with van der Waals surface area (Å²) in [6.07, 6.45) is -3.35. The molecule has 1 fully saturated rings. The molecule has 172 valence electrons. The molecule has 1 unspecified atom stereocenters. The molecule has 2 aromatic carbocycles. The maximum absolute atomic E-state index is 13.0. The number of methoxy groups -OCH3 is 2. The van der Waals surface area contributed by atoms with Gasteiger partial charge in [0.25, 0.3) is 5.91 Å². The van der Waals surface area contributed by atoms with Crippen LogP contribution in [0.2, 0.25) is 0 Å². The van der Waals surface area contributed by atoms with Gasteiger partial charge in [0.05, 0.1) is 25.7 Å². The van der Waals surface area contributed by atoms with E-state index in [-0.39, 0.29) is 24.6 Å². The minimum Gasteiger partial charge on any atom is -0.497 e. The van der Waals surface area contributed by atoms with E-state index in [0.29, 0.717) is 30.9 Å². The van der Waals surface area contributed by atoms with E-state index < -0.39 is 23.6 Å². The molecule has 0 spiro atoms. The number of likely N-dealkylation sites (tertiary alicyclic amines) is 1. The molecule has 3 rings (SSSR count). The molecule has 6 nitrogen and oxygen atoms in total. The van der Waals surface area contributed by atoms with E-state index in [1.807, 2.05) is 0 Å². The third-order valence-corrected chi connectivity index (χ3v) is 5.46. The summed E-state index contributed by atoms with van der Waals surface area (Å²) in [6.45, 7) is 0.760. The summed E-state index contributed by atoms with van der Waals surface area (Å²) in [5.41, 5.74) is -0.170. The Balaban J connectivity index is 1.65. The summed E-state index contributed by atoms with van der Waals surface area (Å²) in [5.74, 6) is 0.0521. The zero-order valence-electron chi connectivity index (χ0n) is 17.9. The third-order valence-electron chi connectivity index (χ3n) is 5.46. The molecular formula is C23H25F3N2O4. The fourth-order valence-corrected chi connectivity index (χ4v) is 3.73. The second-order valence-corrected chi connectivity index (χ2v) is 7.56. The summed E-state index contributed by atoms with van der Waals surface area (Å²) in [4.78, 5) is 27.0. The second kappa shape index (κ2) is 9.93. The van der Waals surface area contributed by atoms with Crippen molar-refractivity contribution in [3.8, 4) is 11.5 Å². The fraction of sp³-hybridized carbons (Fsp3) is 0.391. The van der Waals surface area contributed by atoms with Crippen molar-refractivity contribution >= 4 is 11.8 Å². The molecule has 1 saturated heterocycles. The highest BCUT2D eigenvalue weighted by Crippen LogP contribution is 2.30. The van der Waals surface area contributed by atoms with Crippen LogP contribution in [0.25, 0.3) is 0 Å². The molecule has 0 aliphatic carbocycles. The van der Waals surface area contributed by atoms with Gasteiger partial charge in [-0.3, -0.25) is 9.59 Å². The van der Waals surface area contributed by atoms with Crippen molar-refractivity contribution in [2.45, 2.75) is 25.6 Å². The van der Waals surface area contributed by atoms with Crippen LogP contribution in [-0.4, -0.2) is 44.0 Å². The quantitative estimate of drug-likeness (QED) is 0.725. The lowest BCUT2D eigenvalue weighted by atomic mass is 9.96. The number of carbonyl (C=O) groups excluding carboxylic acids is 2. The number of carbonyl (C=O) groups is 2. The predicted molar refractivity (Wildman–Crippen MR) is 111 cm³/mol. The van der Waals surface area contributed by atoms with E-state index in [0.717, 1.165) is 17.7 Å². The lowest BCUT2D eigenvalue weighted by molar-refractivity contribution is -0.137. The summed E-state index contributed by atoms with van der Waals surface area (Å²) < 4.78 is 49.4. The molecule has 1 N–H and O–H groups in total. The number of alkyl halides is 3. The number of piperidine rings is 1. The number of amides is 2. The van der Waals surface area contributed by atoms with Gasteiger partial charge < -0.3 is 19.7 Å². The van der Waals surface area contributed by atoms with Crippen molar-refractivity contribution in [1.29, 1.82) is 0 Å². The Kier molecular flexibility index (Phi) is 7.27. The number of halogens is 3. The number of ether oxygens (including phenoxy) is 2. The van der Waals surface area contributed by atoms with Gasteiger partial charge in [0, 0.05) is 30.8 Å². The van der Waals surface area contributed by atoms with E-state index >= 15 is 0 Å². The Hall–Kier alpha value is -3.23. The van der Waals surface area contributed by atoms with Crippen molar-refractivity contribution in [1.82, 2.24) is 10.2 Å². The third kappa shape index (κ3) is 5.52. The van der Waals surface area contributed by atoms with Gasteiger partial charge in [-0.15, -0.1) is 0 Å². The average molecular weight is 450 g/mol. The van der Waals surface area contributed by atoms with Gasteiger partial charge in [-0.1, -0.05) is 6.07 Å². The lowest BCUT2D eigenvalue weighted by Gasteiger charge is -2.32. The van der Waals surface area contributed by atoms with Gasteiger partial charge in [-0.2, -0.15) is 13.2 Å². The van der Waals surface area contributed by atoms with Crippen LogP contribution in [0.4, 0.5) is 13.2 Å². The average Bonchev–Trinajstić information content (AvgIpc) is 2.81. The van der Waals surface area contributed by atoms with Crippen LogP contribution in [0.1, 0.15) is 34.3 Å². The topological polar surface area (TPSA) is 67.9 Å². The zero-order valence-corrected chi connectivity index (χ0v) is 17.9. The van der Waals surface area contributed by atoms with Crippen molar-refractivity contribution in [2.24, 2.45) is 5.92 Å². The first-order valence-corrected chi connectivity index (χ1v) is 10.2. The normalized spacial score (nSPS) is 16.4. The first kappa shape index (κ1) is 23.4. The molecule has 0 saturated carbocycles. The predicted octanol–water partition coefficient (Wildman–Crippen LogP) is 3.89. The number of rotatable bonds is 6. The number of hydrogen-bond acceptors (Lipinski definition) is 4. The van der Waals surface area contributed by atoms with E-state index in [1.165, 1.54) is 24.1 Å². The van der Waals surface area contributed by atoms with Gasteiger partial charge in [0.15, 0.2) is 0 Å². The number of benzene rings is 2. The number of nitrogens with one attached hydrogen (secondary N) is 1. The summed E-state index contributed by atoms with van der Waals surface area (Å²) in [7, 11) is 3.08. The highest BCUT2D eigenvalue weighted by molar-refractivity contribution is 5.95. The van der Waals surface area contributed by atoms with Crippen molar-refractivity contribution in [2.75, 3.05) is 27.3 Å².